The van der Waals surface area contributed by atoms with Crippen LogP contribution in [0.3, 0.4) is 0 Å². The summed E-state index contributed by atoms with van der Waals surface area (Å²) >= 11 is 0. The van der Waals surface area contributed by atoms with Gasteiger partial charge in [-0.2, -0.15) is 0 Å². The smallest absolute Gasteiger partial charge is 0.151 e. The third-order valence-electron chi connectivity index (χ3n) is 6.84. The number of likely N-dealkylation sites (tertiary alicyclic amines) is 1. The summed E-state index contributed by atoms with van der Waals surface area (Å²) in [7, 11) is 4.32. The Bertz CT molecular complexity index is 1050. The third-order valence-corrected chi connectivity index (χ3v) is 6.84. The van der Waals surface area contributed by atoms with Gasteiger partial charge < -0.3 is 10.0 Å². The normalized spacial score (nSPS) is 18.5. The average Bonchev–Trinajstić information content (AvgIpc) is 2.70. The Hall–Kier alpha value is -2.44. The van der Waals surface area contributed by atoms with Gasteiger partial charge in [0.1, 0.15) is 5.75 Å². The first kappa shape index (κ1) is 23.2. The molecule has 0 unspecified atom stereocenters. The number of benzene rings is 1. The summed E-state index contributed by atoms with van der Waals surface area (Å²) in [5.41, 5.74) is 2.30. The summed E-state index contributed by atoms with van der Waals surface area (Å²) in [5, 5.41) is 20.4. The van der Waals surface area contributed by atoms with Crippen LogP contribution in [0.2, 0.25) is 0 Å². The number of hydrogen-bond donors (Lipinski definition) is 1. The number of phenols is 1. The Morgan fingerprint density at radius 2 is 1.71 bits per heavy atom. The molecular weight excluding hydrogens is 410 g/mol. The van der Waals surface area contributed by atoms with Gasteiger partial charge in [-0.05, 0) is 71.8 Å². The van der Waals surface area contributed by atoms with Crippen LogP contribution in [0.25, 0.3) is 22.2 Å². The predicted octanol–water partition coefficient (Wildman–Crippen LogP) is 4.91. The van der Waals surface area contributed by atoms with Crippen molar-refractivity contribution in [3.05, 3.63) is 42.6 Å². The van der Waals surface area contributed by atoms with Crippen LogP contribution in [0, 0.1) is 0 Å². The Labute approximate surface area is 190 Å². The van der Waals surface area contributed by atoms with E-state index in [1.807, 2.05) is 30.3 Å². The molecule has 0 saturated carbocycles. The first-order valence-electron chi connectivity index (χ1n) is 10.5. The highest BCUT2D eigenvalue weighted by Crippen LogP contribution is 2.39. The molecule has 0 radical (unpaired) electrons. The molecule has 7 heteroatoms. The number of pyridine rings is 1. The van der Waals surface area contributed by atoms with Gasteiger partial charge in [0.15, 0.2) is 5.82 Å². The lowest BCUT2D eigenvalue weighted by atomic mass is 9.77. The molecule has 1 saturated heterocycles. The van der Waals surface area contributed by atoms with Crippen LogP contribution in [0.5, 0.6) is 5.75 Å². The molecule has 6 nitrogen and oxygen atoms in total. The van der Waals surface area contributed by atoms with Crippen LogP contribution in [0.15, 0.2) is 42.6 Å². The summed E-state index contributed by atoms with van der Waals surface area (Å²) in [6.45, 7) is 9.23. The van der Waals surface area contributed by atoms with Gasteiger partial charge in [0.05, 0.1) is 11.2 Å². The number of phenolic OH excluding ortho intramolecular Hbond substituents is 1. The second-order valence-corrected chi connectivity index (χ2v) is 9.70. The number of nitrogens with zero attached hydrogens (tertiary/aromatic N) is 5. The van der Waals surface area contributed by atoms with Crippen LogP contribution in [-0.2, 0) is 0 Å². The van der Waals surface area contributed by atoms with Crippen LogP contribution < -0.4 is 4.90 Å². The molecule has 0 atom stereocenters. The summed E-state index contributed by atoms with van der Waals surface area (Å²) in [4.78, 5) is 9.02. The number of anilines is 1. The van der Waals surface area contributed by atoms with Gasteiger partial charge in [-0.25, -0.2) is 0 Å². The molecule has 2 aromatic heterocycles. The summed E-state index contributed by atoms with van der Waals surface area (Å²) < 4.78 is 0. The van der Waals surface area contributed by atoms with Crippen molar-refractivity contribution >= 4 is 29.1 Å². The van der Waals surface area contributed by atoms with E-state index in [4.69, 9.17) is 0 Å². The Morgan fingerprint density at radius 1 is 1.03 bits per heavy atom. The van der Waals surface area contributed by atoms with Gasteiger partial charge in [0, 0.05) is 47.4 Å². The van der Waals surface area contributed by atoms with E-state index >= 15 is 0 Å². The molecule has 166 valence electrons. The molecule has 4 rings (SSSR count). The number of hydrogen-bond acceptors (Lipinski definition) is 6. The minimum Gasteiger partial charge on any atom is -0.507 e. The molecule has 0 amide bonds. The minimum atomic E-state index is 0. The van der Waals surface area contributed by atoms with E-state index < -0.39 is 0 Å². The van der Waals surface area contributed by atoms with E-state index in [-0.39, 0.29) is 29.2 Å². The number of aromatic hydroxyl groups is 1. The standard InChI is InChI=1S/C24H31N5O.ClH/c1-23(2)14-17(15-24(3,4)29(23)6)28(5)22-10-9-19(26-27-22)18-12-16-8-7-11-25-20(16)13-21(18)30;/h7-13,17,30H,14-15H2,1-6H3;1H. The molecule has 1 N–H and O–H groups in total. The van der Waals surface area contributed by atoms with Crippen molar-refractivity contribution in [2.24, 2.45) is 0 Å². The van der Waals surface area contributed by atoms with E-state index in [9.17, 15) is 5.11 Å². The van der Waals surface area contributed by atoms with Gasteiger partial charge >= 0.3 is 0 Å². The van der Waals surface area contributed by atoms with E-state index in [2.05, 4.69) is 66.8 Å². The molecule has 0 aliphatic carbocycles. The molecule has 0 spiro atoms. The number of halogens is 1. The Morgan fingerprint density at radius 3 is 2.32 bits per heavy atom. The zero-order chi connectivity index (χ0) is 21.7. The van der Waals surface area contributed by atoms with Crippen molar-refractivity contribution in [2.45, 2.75) is 57.7 Å². The van der Waals surface area contributed by atoms with E-state index in [1.54, 1.807) is 12.3 Å². The average molecular weight is 442 g/mol. The number of rotatable bonds is 3. The summed E-state index contributed by atoms with van der Waals surface area (Å²) in [6, 6.07) is 11.8. The van der Waals surface area contributed by atoms with Gasteiger partial charge in [0.2, 0.25) is 0 Å². The fraction of sp³-hybridized carbons (Fsp3) is 0.458. The molecule has 31 heavy (non-hydrogen) atoms. The molecule has 1 fully saturated rings. The van der Waals surface area contributed by atoms with Gasteiger partial charge in [0.25, 0.3) is 0 Å². The molecule has 3 aromatic rings. The van der Waals surface area contributed by atoms with Crippen LogP contribution in [0.1, 0.15) is 40.5 Å². The first-order chi connectivity index (χ1) is 14.1. The number of aromatic nitrogens is 3. The lowest BCUT2D eigenvalue weighted by Crippen LogP contribution is -2.62. The number of fused-ring (bicyclic) bond motifs is 1. The maximum Gasteiger partial charge on any atom is 0.151 e. The Kier molecular flexibility index (Phi) is 6.18. The molecule has 1 aliphatic heterocycles. The first-order valence-corrected chi connectivity index (χ1v) is 10.5. The SMILES string of the molecule is CN(c1ccc(-c2cc3cccnc3cc2O)nn1)C1CC(C)(C)N(C)C(C)(C)C1.Cl. The second kappa shape index (κ2) is 8.24. The van der Waals surface area contributed by atoms with Gasteiger partial charge in [-0.15, -0.1) is 22.6 Å². The maximum absolute atomic E-state index is 10.5. The topological polar surface area (TPSA) is 65.4 Å². The summed E-state index contributed by atoms with van der Waals surface area (Å²) in [5.74, 6) is 1.01. The fourth-order valence-corrected chi connectivity index (χ4v) is 4.75. The van der Waals surface area contributed by atoms with Crippen LogP contribution in [-0.4, -0.2) is 56.4 Å². The van der Waals surface area contributed by atoms with Crippen LogP contribution >= 0.6 is 12.4 Å². The number of piperidine rings is 1. The van der Waals surface area contributed by atoms with Crippen molar-refractivity contribution in [2.75, 3.05) is 19.0 Å². The highest BCUT2D eigenvalue weighted by atomic mass is 35.5. The van der Waals surface area contributed by atoms with E-state index in [0.29, 0.717) is 17.3 Å². The monoisotopic (exact) mass is 441 g/mol. The molecule has 1 aliphatic rings. The molecule has 3 heterocycles. The maximum atomic E-state index is 10.5. The van der Waals surface area contributed by atoms with E-state index in [1.165, 1.54) is 0 Å². The third kappa shape index (κ3) is 4.32. The zero-order valence-electron chi connectivity index (χ0n) is 19.1. The largest absolute Gasteiger partial charge is 0.507 e. The highest BCUT2D eigenvalue weighted by Gasteiger charge is 2.44. The van der Waals surface area contributed by atoms with Gasteiger partial charge in [-0.3, -0.25) is 9.88 Å². The molecular formula is C24H32ClN5O. The van der Waals surface area contributed by atoms with Crippen molar-refractivity contribution in [1.82, 2.24) is 20.1 Å². The zero-order valence-corrected chi connectivity index (χ0v) is 19.9. The molecule has 0 bridgehead atoms. The fourth-order valence-electron chi connectivity index (χ4n) is 4.75. The van der Waals surface area contributed by atoms with E-state index in [0.717, 1.165) is 29.6 Å². The predicted molar refractivity (Wildman–Crippen MR) is 129 cm³/mol. The van der Waals surface area contributed by atoms with Crippen LogP contribution in [0.4, 0.5) is 5.82 Å². The second-order valence-electron chi connectivity index (χ2n) is 9.70. The lowest BCUT2D eigenvalue weighted by Gasteiger charge is -2.55. The van der Waals surface area contributed by atoms with Crippen molar-refractivity contribution < 1.29 is 5.11 Å². The molecule has 1 aromatic carbocycles. The highest BCUT2D eigenvalue weighted by molar-refractivity contribution is 5.87. The quantitative estimate of drug-likeness (QED) is 0.623. The van der Waals surface area contributed by atoms with Crippen molar-refractivity contribution in [1.29, 1.82) is 0 Å². The van der Waals surface area contributed by atoms with Gasteiger partial charge in [-0.1, -0.05) is 6.07 Å². The minimum absolute atomic E-state index is 0. The van der Waals surface area contributed by atoms with Crippen molar-refractivity contribution in [3.63, 3.8) is 0 Å². The lowest BCUT2D eigenvalue weighted by molar-refractivity contribution is -0.0120. The van der Waals surface area contributed by atoms with Crippen molar-refractivity contribution in [3.8, 4) is 17.0 Å². The summed E-state index contributed by atoms with van der Waals surface area (Å²) in [6.07, 6.45) is 3.84. The Balaban J connectivity index is 0.00000272.